The Morgan fingerprint density at radius 2 is 1.93 bits per heavy atom. The van der Waals surface area contributed by atoms with Gasteiger partial charge in [-0.15, -0.1) is 0 Å². The molecule has 0 heterocycles. The van der Waals surface area contributed by atoms with E-state index in [0.29, 0.717) is 0 Å². The molecular formula is C24H33NO3. The lowest BCUT2D eigenvalue weighted by Gasteiger charge is -2.22. The van der Waals surface area contributed by atoms with Gasteiger partial charge in [-0.2, -0.15) is 0 Å². The van der Waals surface area contributed by atoms with Crippen LogP contribution in [0.3, 0.4) is 0 Å². The molecule has 0 fully saturated rings. The van der Waals surface area contributed by atoms with Crippen molar-refractivity contribution >= 4 is 11.7 Å². The van der Waals surface area contributed by atoms with E-state index >= 15 is 0 Å². The summed E-state index contributed by atoms with van der Waals surface area (Å²) >= 11 is 0. The molecule has 0 unspecified atom stereocenters. The minimum absolute atomic E-state index is 0.0809. The van der Waals surface area contributed by atoms with E-state index < -0.39 is 5.97 Å². The van der Waals surface area contributed by atoms with E-state index in [0.717, 1.165) is 43.7 Å². The van der Waals surface area contributed by atoms with Crippen molar-refractivity contribution in [1.82, 2.24) is 0 Å². The molecule has 0 aliphatic heterocycles. The Balaban J connectivity index is 2.43. The van der Waals surface area contributed by atoms with Crippen molar-refractivity contribution in [2.75, 3.05) is 18.5 Å². The Morgan fingerprint density at radius 3 is 2.54 bits per heavy atom. The zero-order chi connectivity index (χ0) is 20.8. The Kier molecular flexibility index (Phi) is 11.2. The number of carboxylic acids is 1. The second kappa shape index (κ2) is 13.4. The fraction of sp³-hybridized carbons (Fsp3) is 0.375. The van der Waals surface area contributed by atoms with Crippen molar-refractivity contribution in [2.24, 2.45) is 0 Å². The largest absolute Gasteiger partial charge is 0.491 e. The second-order valence-electron chi connectivity index (χ2n) is 6.80. The molecule has 1 aromatic carbocycles. The average Bonchev–Trinajstić information content (AvgIpc) is 2.69. The maximum absolute atomic E-state index is 10.5. The molecule has 0 spiro atoms. The van der Waals surface area contributed by atoms with E-state index in [4.69, 9.17) is 9.84 Å². The third-order valence-corrected chi connectivity index (χ3v) is 4.40. The Labute approximate surface area is 169 Å². The van der Waals surface area contributed by atoms with Gasteiger partial charge >= 0.3 is 5.97 Å². The van der Waals surface area contributed by atoms with Gasteiger partial charge in [-0.1, -0.05) is 43.5 Å². The number of carbonyl (C=O) groups is 1. The minimum Gasteiger partial charge on any atom is -0.491 e. The third-order valence-electron chi connectivity index (χ3n) is 4.40. The summed E-state index contributed by atoms with van der Waals surface area (Å²) in [6.07, 6.45) is 12.8. The fourth-order valence-corrected chi connectivity index (χ4v) is 2.70. The van der Waals surface area contributed by atoms with E-state index in [-0.39, 0.29) is 12.5 Å². The van der Waals surface area contributed by atoms with Crippen molar-refractivity contribution in [3.8, 4) is 0 Å². The van der Waals surface area contributed by atoms with Crippen LogP contribution in [0, 0.1) is 0 Å². The average molecular weight is 384 g/mol. The number of rotatable bonds is 14. The second-order valence-corrected chi connectivity index (χ2v) is 6.80. The van der Waals surface area contributed by atoms with Crippen LogP contribution in [0.5, 0.6) is 0 Å². The Morgan fingerprint density at radius 1 is 1.21 bits per heavy atom. The minimum atomic E-state index is -0.723. The zero-order valence-corrected chi connectivity index (χ0v) is 17.1. The van der Waals surface area contributed by atoms with Crippen molar-refractivity contribution in [3.05, 3.63) is 79.1 Å². The SMILES string of the molecule is C=C/C=C\C=C(/C=C)O[C@H](C)CCN(C)c1ccc(CCCCC(=O)O)cc1. The molecule has 4 nitrogen and oxygen atoms in total. The van der Waals surface area contributed by atoms with Gasteiger partial charge in [0.25, 0.3) is 0 Å². The maximum atomic E-state index is 10.5. The normalized spacial score (nSPS) is 12.6. The van der Waals surface area contributed by atoms with Crippen LogP contribution in [0.1, 0.15) is 38.2 Å². The lowest BCUT2D eigenvalue weighted by molar-refractivity contribution is -0.137. The highest BCUT2D eigenvalue weighted by Crippen LogP contribution is 2.17. The summed E-state index contributed by atoms with van der Waals surface area (Å²) in [4.78, 5) is 12.8. The molecule has 1 rings (SSSR count). The molecule has 1 aromatic rings. The number of carboxylic acid groups (broad SMARTS) is 1. The molecule has 0 saturated heterocycles. The fourth-order valence-electron chi connectivity index (χ4n) is 2.70. The molecule has 0 aliphatic carbocycles. The van der Waals surface area contributed by atoms with Crippen molar-refractivity contribution in [2.45, 2.75) is 45.1 Å². The molecule has 0 aliphatic rings. The number of hydrogen-bond acceptors (Lipinski definition) is 3. The summed E-state index contributed by atoms with van der Waals surface area (Å²) in [7, 11) is 2.08. The van der Waals surface area contributed by atoms with Gasteiger partial charge in [-0.25, -0.2) is 0 Å². The monoisotopic (exact) mass is 383 g/mol. The number of nitrogens with zero attached hydrogens (tertiary/aromatic N) is 1. The van der Waals surface area contributed by atoms with Crippen LogP contribution in [0.15, 0.2) is 73.6 Å². The van der Waals surface area contributed by atoms with Gasteiger partial charge in [0.05, 0.1) is 6.10 Å². The lowest BCUT2D eigenvalue weighted by Crippen LogP contribution is -2.23. The molecular weight excluding hydrogens is 350 g/mol. The number of aliphatic carboxylic acids is 1. The smallest absolute Gasteiger partial charge is 0.303 e. The maximum Gasteiger partial charge on any atom is 0.303 e. The van der Waals surface area contributed by atoms with Crippen molar-refractivity contribution in [3.63, 3.8) is 0 Å². The number of anilines is 1. The number of allylic oxidation sites excluding steroid dienone is 5. The van der Waals surface area contributed by atoms with Crippen LogP contribution in [-0.2, 0) is 16.0 Å². The standard InChI is InChI=1S/C24H33NO3/c1-5-7-8-12-23(6-2)28-20(3)18-19-25(4)22-16-14-21(15-17-22)11-9-10-13-24(26)27/h5-8,12,14-17,20H,1-2,9-11,13,18-19H2,3-4H3,(H,26,27)/b8-7-,23-12+/t20-/m1/s1. The highest BCUT2D eigenvalue weighted by molar-refractivity contribution is 5.66. The van der Waals surface area contributed by atoms with Gasteiger partial charge in [0, 0.05) is 32.1 Å². The van der Waals surface area contributed by atoms with Crippen molar-refractivity contribution in [1.29, 1.82) is 0 Å². The van der Waals surface area contributed by atoms with Gasteiger partial charge in [0.15, 0.2) is 0 Å². The summed E-state index contributed by atoms with van der Waals surface area (Å²) in [6, 6.07) is 8.48. The van der Waals surface area contributed by atoms with Gasteiger partial charge < -0.3 is 14.7 Å². The molecule has 1 N–H and O–H groups in total. The molecule has 4 heteroatoms. The molecule has 0 aromatic heterocycles. The predicted octanol–water partition coefficient (Wildman–Crippen LogP) is 5.53. The summed E-state index contributed by atoms with van der Waals surface area (Å²) < 4.78 is 5.91. The first-order chi connectivity index (χ1) is 13.5. The quantitative estimate of drug-likeness (QED) is 0.261. The molecule has 28 heavy (non-hydrogen) atoms. The molecule has 0 radical (unpaired) electrons. The predicted molar refractivity (Wildman–Crippen MR) is 118 cm³/mol. The van der Waals surface area contributed by atoms with Crippen LogP contribution < -0.4 is 4.90 Å². The van der Waals surface area contributed by atoms with E-state index in [1.165, 1.54) is 5.56 Å². The van der Waals surface area contributed by atoms with Gasteiger partial charge in [0.2, 0.25) is 0 Å². The summed E-state index contributed by atoms with van der Waals surface area (Å²) in [6.45, 7) is 10.4. The lowest BCUT2D eigenvalue weighted by atomic mass is 10.1. The van der Waals surface area contributed by atoms with E-state index in [1.807, 2.05) is 18.2 Å². The van der Waals surface area contributed by atoms with E-state index in [9.17, 15) is 4.79 Å². The van der Waals surface area contributed by atoms with Crippen LogP contribution >= 0.6 is 0 Å². The van der Waals surface area contributed by atoms with Crippen molar-refractivity contribution < 1.29 is 14.6 Å². The summed E-state index contributed by atoms with van der Waals surface area (Å²) in [5.41, 5.74) is 2.41. The van der Waals surface area contributed by atoms with Crippen LogP contribution in [-0.4, -0.2) is 30.8 Å². The highest BCUT2D eigenvalue weighted by Gasteiger charge is 2.07. The first-order valence-corrected chi connectivity index (χ1v) is 9.76. The number of ether oxygens (including phenoxy) is 1. The zero-order valence-electron chi connectivity index (χ0n) is 17.1. The number of hydrogen-bond donors (Lipinski definition) is 1. The van der Waals surface area contributed by atoms with Gasteiger partial charge in [-0.05, 0) is 56.0 Å². The topological polar surface area (TPSA) is 49.8 Å². The Hall–Kier alpha value is -2.75. The first-order valence-electron chi connectivity index (χ1n) is 9.76. The van der Waals surface area contributed by atoms with Crippen LogP contribution in [0.25, 0.3) is 0 Å². The third kappa shape index (κ3) is 9.81. The number of aryl methyl sites for hydroxylation is 1. The highest BCUT2D eigenvalue weighted by atomic mass is 16.5. The van der Waals surface area contributed by atoms with Crippen LogP contribution in [0.4, 0.5) is 5.69 Å². The molecule has 152 valence electrons. The van der Waals surface area contributed by atoms with E-state index in [2.05, 4.69) is 56.3 Å². The number of benzene rings is 1. The molecule has 0 amide bonds. The summed E-state index contributed by atoms with van der Waals surface area (Å²) in [5.74, 6) is 0.0274. The van der Waals surface area contributed by atoms with Crippen LogP contribution in [0.2, 0.25) is 0 Å². The number of unbranched alkanes of at least 4 members (excludes halogenated alkanes) is 1. The van der Waals surface area contributed by atoms with Gasteiger partial charge in [0.1, 0.15) is 5.76 Å². The molecule has 0 saturated carbocycles. The molecule has 1 atom stereocenters. The molecule has 0 bridgehead atoms. The summed E-state index contributed by atoms with van der Waals surface area (Å²) in [5, 5.41) is 8.68. The van der Waals surface area contributed by atoms with Gasteiger partial charge in [-0.3, -0.25) is 4.79 Å². The van der Waals surface area contributed by atoms with E-state index in [1.54, 1.807) is 12.2 Å². The Bertz CT molecular complexity index is 674. The first kappa shape index (κ1) is 23.3.